The van der Waals surface area contributed by atoms with E-state index in [1.54, 1.807) is 12.1 Å². The molecule has 5 nitrogen and oxygen atoms in total. The Bertz CT molecular complexity index is 973. The molecule has 1 aromatic heterocycles. The Hall–Kier alpha value is -2.79. The molecule has 1 saturated heterocycles. The number of hydrogen-bond acceptors (Lipinski definition) is 4. The zero-order chi connectivity index (χ0) is 17.2. The van der Waals surface area contributed by atoms with Crippen molar-refractivity contribution in [1.29, 1.82) is 0 Å². The SMILES string of the molecule is O=C(Cn1c(=O)c(C2CCCO2)nc2ccccc21)c1ccccc1. The van der Waals surface area contributed by atoms with Crippen LogP contribution < -0.4 is 5.56 Å². The first kappa shape index (κ1) is 15.7. The maximum atomic E-state index is 13.0. The van der Waals surface area contributed by atoms with E-state index in [1.165, 1.54) is 4.57 Å². The van der Waals surface area contributed by atoms with Crippen LogP contribution in [0.2, 0.25) is 0 Å². The van der Waals surface area contributed by atoms with Crippen molar-refractivity contribution in [3.63, 3.8) is 0 Å². The molecule has 1 unspecified atom stereocenters. The number of Topliss-reactive ketones (excluding diaryl/α,β-unsaturated/α-hetero) is 1. The summed E-state index contributed by atoms with van der Waals surface area (Å²) in [6.45, 7) is 0.632. The molecule has 0 saturated carbocycles. The van der Waals surface area contributed by atoms with Crippen LogP contribution in [0.15, 0.2) is 59.4 Å². The maximum absolute atomic E-state index is 13.0. The van der Waals surface area contributed by atoms with Crippen molar-refractivity contribution in [3.8, 4) is 0 Å². The average Bonchev–Trinajstić information content (AvgIpc) is 3.19. The summed E-state index contributed by atoms with van der Waals surface area (Å²) in [5.74, 6) is -0.0997. The molecule has 4 rings (SSSR count). The highest BCUT2D eigenvalue weighted by atomic mass is 16.5. The Morgan fingerprint density at radius 1 is 1.12 bits per heavy atom. The van der Waals surface area contributed by atoms with Gasteiger partial charge in [-0.2, -0.15) is 0 Å². The summed E-state index contributed by atoms with van der Waals surface area (Å²) >= 11 is 0. The summed E-state index contributed by atoms with van der Waals surface area (Å²) in [6.07, 6.45) is 1.42. The lowest BCUT2D eigenvalue weighted by atomic mass is 10.1. The highest BCUT2D eigenvalue weighted by molar-refractivity contribution is 5.96. The third-order valence-electron chi connectivity index (χ3n) is 4.51. The van der Waals surface area contributed by atoms with Gasteiger partial charge in [0.15, 0.2) is 5.78 Å². The Morgan fingerprint density at radius 3 is 2.64 bits per heavy atom. The van der Waals surface area contributed by atoms with Crippen molar-refractivity contribution in [2.45, 2.75) is 25.5 Å². The number of nitrogens with zero attached hydrogens (tertiary/aromatic N) is 2. The van der Waals surface area contributed by atoms with Gasteiger partial charge < -0.3 is 4.74 Å². The minimum atomic E-state index is -0.282. The first-order chi connectivity index (χ1) is 12.2. The zero-order valence-electron chi connectivity index (χ0n) is 13.7. The third-order valence-corrected chi connectivity index (χ3v) is 4.51. The van der Waals surface area contributed by atoms with Crippen molar-refractivity contribution in [2.75, 3.05) is 6.61 Å². The van der Waals surface area contributed by atoms with Crippen LogP contribution in [-0.2, 0) is 11.3 Å². The number of hydrogen-bond donors (Lipinski definition) is 0. The predicted octanol–water partition coefficient (Wildman–Crippen LogP) is 3.13. The fourth-order valence-electron chi connectivity index (χ4n) is 3.23. The van der Waals surface area contributed by atoms with Crippen LogP contribution in [0.5, 0.6) is 0 Å². The smallest absolute Gasteiger partial charge is 0.275 e. The fraction of sp³-hybridized carbons (Fsp3) is 0.250. The first-order valence-corrected chi connectivity index (χ1v) is 8.43. The zero-order valence-corrected chi connectivity index (χ0v) is 13.7. The average molecular weight is 334 g/mol. The molecular formula is C20H18N2O3. The number of fused-ring (bicyclic) bond motifs is 1. The second-order valence-corrected chi connectivity index (χ2v) is 6.17. The number of aromatic nitrogens is 2. The lowest BCUT2D eigenvalue weighted by molar-refractivity contribution is 0.0966. The molecule has 1 fully saturated rings. The molecule has 3 aromatic rings. The van der Waals surface area contributed by atoms with Crippen LogP contribution in [0.1, 0.15) is 35.0 Å². The lowest BCUT2D eigenvalue weighted by Crippen LogP contribution is -2.30. The van der Waals surface area contributed by atoms with Gasteiger partial charge in [0.05, 0.1) is 17.6 Å². The fourth-order valence-corrected chi connectivity index (χ4v) is 3.23. The number of ether oxygens (including phenoxy) is 1. The molecular weight excluding hydrogens is 316 g/mol. The molecule has 1 atom stereocenters. The van der Waals surface area contributed by atoms with Crippen LogP contribution in [0, 0.1) is 0 Å². The van der Waals surface area contributed by atoms with Crippen LogP contribution >= 0.6 is 0 Å². The Kier molecular flexibility index (Phi) is 4.15. The second-order valence-electron chi connectivity index (χ2n) is 6.17. The van der Waals surface area contributed by atoms with Gasteiger partial charge in [0.2, 0.25) is 0 Å². The molecule has 5 heteroatoms. The molecule has 2 aromatic carbocycles. The van der Waals surface area contributed by atoms with E-state index >= 15 is 0 Å². The topological polar surface area (TPSA) is 61.2 Å². The highest BCUT2D eigenvalue weighted by Crippen LogP contribution is 2.26. The molecule has 25 heavy (non-hydrogen) atoms. The largest absolute Gasteiger partial charge is 0.372 e. The molecule has 2 heterocycles. The van der Waals surface area contributed by atoms with E-state index in [-0.39, 0.29) is 24.0 Å². The molecule has 0 radical (unpaired) electrons. The van der Waals surface area contributed by atoms with Crippen LogP contribution in [0.4, 0.5) is 0 Å². The van der Waals surface area contributed by atoms with Crippen molar-refractivity contribution < 1.29 is 9.53 Å². The summed E-state index contributed by atoms with van der Waals surface area (Å²) < 4.78 is 7.18. The molecule has 1 aliphatic heterocycles. The standard InChI is InChI=1S/C20H18N2O3/c23-17(14-7-2-1-3-8-14)13-22-16-10-5-4-9-15(16)21-19(20(22)24)18-11-6-12-25-18/h1-5,7-10,18H,6,11-13H2. The van der Waals surface area contributed by atoms with Crippen LogP contribution in [-0.4, -0.2) is 21.9 Å². The van der Waals surface area contributed by atoms with Gasteiger partial charge >= 0.3 is 0 Å². The molecule has 0 amide bonds. The molecule has 0 N–H and O–H groups in total. The lowest BCUT2D eigenvalue weighted by Gasteiger charge is -2.14. The van der Waals surface area contributed by atoms with Crippen molar-refractivity contribution >= 4 is 16.8 Å². The van der Waals surface area contributed by atoms with Gasteiger partial charge in [0.1, 0.15) is 11.8 Å². The van der Waals surface area contributed by atoms with Crippen LogP contribution in [0.3, 0.4) is 0 Å². The molecule has 1 aliphatic rings. The van der Waals surface area contributed by atoms with E-state index in [0.717, 1.165) is 12.8 Å². The predicted molar refractivity (Wildman–Crippen MR) is 94.7 cm³/mol. The summed E-state index contributed by atoms with van der Waals surface area (Å²) in [6, 6.07) is 16.4. The molecule has 0 aliphatic carbocycles. The monoisotopic (exact) mass is 334 g/mol. The summed E-state index contributed by atoms with van der Waals surface area (Å²) in [5.41, 5.74) is 2.12. The van der Waals surface area contributed by atoms with Gasteiger partial charge in [-0.3, -0.25) is 14.2 Å². The highest BCUT2D eigenvalue weighted by Gasteiger charge is 2.25. The van der Waals surface area contributed by atoms with Gasteiger partial charge in [-0.15, -0.1) is 0 Å². The Balaban J connectivity index is 1.82. The van der Waals surface area contributed by atoms with Crippen molar-refractivity contribution in [3.05, 3.63) is 76.2 Å². The molecule has 0 spiro atoms. The number of para-hydroxylation sites is 2. The summed E-state index contributed by atoms with van der Waals surface area (Å²) in [4.78, 5) is 30.2. The Labute approximate surface area is 144 Å². The number of rotatable bonds is 4. The Morgan fingerprint density at radius 2 is 1.88 bits per heavy atom. The molecule has 126 valence electrons. The van der Waals surface area contributed by atoms with E-state index in [2.05, 4.69) is 4.98 Å². The minimum absolute atomic E-state index is 0.00833. The third kappa shape index (κ3) is 2.98. The van der Waals surface area contributed by atoms with Crippen molar-refractivity contribution in [2.24, 2.45) is 0 Å². The van der Waals surface area contributed by atoms with E-state index in [0.29, 0.717) is 28.9 Å². The number of benzene rings is 2. The van der Waals surface area contributed by atoms with Gasteiger partial charge in [-0.25, -0.2) is 4.98 Å². The number of carbonyl (C=O) groups is 1. The van der Waals surface area contributed by atoms with E-state index < -0.39 is 0 Å². The van der Waals surface area contributed by atoms with E-state index in [4.69, 9.17) is 4.74 Å². The maximum Gasteiger partial charge on any atom is 0.275 e. The van der Waals surface area contributed by atoms with Gasteiger partial charge in [-0.05, 0) is 25.0 Å². The van der Waals surface area contributed by atoms with Gasteiger partial charge in [-0.1, -0.05) is 42.5 Å². The van der Waals surface area contributed by atoms with E-state index in [9.17, 15) is 9.59 Å². The van der Waals surface area contributed by atoms with Gasteiger partial charge in [0, 0.05) is 12.2 Å². The summed E-state index contributed by atoms with van der Waals surface area (Å²) in [5, 5.41) is 0. The first-order valence-electron chi connectivity index (χ1n) is 8.43. The van der Waals surface area contributed by atoms with Crippen LogP contribution in [0.25, 0.3) is 11.0 Å². The van der Waals surface area contributed by atoms with Crippen molar-refractivity contribution in [1.82, 2.24) is 9.55 Å². The second kappa shape index (κ2) is 6.61. The number of ketones is 1. The van der Waals surface area contributed by atoms with Gasteiger partial charge in [0.25, 0.3) is 5.56 Å². The molecule has 0 bridgehead atoms. The quantitative estimate of drug-likeness (QED) is 0.688. The minimum Gasteiger partial charge on any atom is -0.372 e. The van der Waals surface area contributed by atoms with E-state index in [1.807, 2.05) is 42.5 Å². The number of carbonyl (C=O) groups excluding carboxylic acids is 1. The summed E-state index contributed by atoms with van der Waals surface area (Å²) in [7, 11) is 0. The normalized spacial score (nSPS) is 17.0.